The van der Waals surface area contributed by atoms with Crippen LogP contribution in [0, 0.1) is 13.8 Å². The average molecular weight is 337 g/mol. The monoisotopic (exact) mass is 337 g/mol. The minimum absolute atomic E-state index is 0.169. The van der Waals surface area contributed by atoms with E-state index >= 15 is 0 Å². The van der Waals surface area contributed by atoms with Crippen molar-refractivity contribution < 1.29 is 4.74 Å². The molecule has 0 amide bonds. The topological polar surface area (TPSA) is 66.9 Å². The van der Waals surface area contributed by atoms with Gasteiger partial charge in [0.15, 0.2) is 5.82 Å². The van der Waals surface area contributed by atoms with Gasteiger partial charge in [-0.25, -0.2) is 4.98 Å². The number of fused-ring (bicyclic) bond motifs is 1. The van der Waals surface area contributed by atoms with Gasteiger partial charge in [-0.15, -0.1) is 0 Å². The van der Waals surface area contributed by atoms with E-state index in [2.05, 4.69) is 49.3 Å². The van der Waals surface area contributed by atoms with Gasteiger partial charge in [0.1, 0.15) is 5.82 Å². The molecule has 4 rings (SSSR count). The van der Waals surface area contributed by atoms with Gasteiger partial charge in [0.05, 0.1) is 17.7 Å². The molecule has 1 saturated heterocycles. The van der Waals surface area contributed by atoms with Crippen LogP contribution in [0.3, 0.4) is 0 Å². The second-order valence-corrected chi connectivity index (χ2v) is 6.76. The summed E-state index contributed by atoms with van der Waals surface area (Å²) in [6.07, 6.45) is 1.12. The highest BCUT2D eigenvalue weighted by Crippen LogP contribution is 2.34. The zero-order chi connectivity index (χ0) is 17.4. The summed E-state index contributed by atoms with van der Waals surface area (Å²) in [5, 5.41) is 8.56. The fourth-order valence-electron chi connectivity index (χ4n) is 3.73. The molecule has 6 heteroatoms. The molecule has 0 radical (unpaired) electrons. The molecular weight excluding hydrogens is 314 g/mol. The molecule has 0 saturated carbocycles. The minimum Gasteiger partial charge on any atom is -0.380 e. The van der Waals surface area contributed by atoms with E-state index in [0.717, 1.165) is 42.4 Å². The molecule has 2 atom stereocenters. The van der Waals surface area contributed by atoms with Crippen LogP contribution in [-0.4, -0.2) is 44.8 Å². The first-order chi connectivity index (χ1) is 12.1. The molecule has 6 nitrogen and oxygen atoms in total. The lowest BCUT2D eigenvalue weighted by atomic mass is 10.1. The Balaban J connectivity index is 1.68. The van der Waals surface area contributed by atoms with Crippen LogP contribution in [-0.2, 0) is 11.3 Å². The Morgan fingerprint density at radius 2 is 2.08 bits per heavy atom. The summed E-state index contributed by atoms with van der Waals surface area (Å²) in [4.78, 5) is 11.6. The normalized spacial score (nSPS) is 21.2. The van der Waals surface area contributed by atoms with Gasteiger partial charge < -0.3 is 4.74 Å². The van der Waals surface area contributed by atoms with E-state index in [1.807, 2.05) is 19.9 Å². The second kappa shape index (κ2) is 6.54. The quantitative estimate of drug-likeness (QED) is 0.793. The predicted molar refractivity (Wildman–Crippen MR) is 96.2 cm³/mol. The molecule has 1 aromatic carbocycles. The average Bonchev–Trinajstić information content (AvgIpc) is 3.20. The molecule has 0 bridgehead atoms. The molecule has 3 aromatic rings. The number of hydrogen-bond donors (Lipinski definition) is 1. The van der Waals surface area contributed by atoms with E-state index < -0.39 is 0 Å². The first-order valence-corrected chi connectivity index (χ1v) is 8.65. The number of aromatic nitrogens is 4. The number of likely N-dealkylation sites (tertiary alicyclic amines) is 1. The number of ether oxygens (including phenoxy) is 1. The molecule has 1 N–H and O–H groups in total. The Labute approximate surface area is 147 Å². The number of aryl methyl sites for hydroxylation is 2. The third-order valence-electron chi connectivity index (χ3n) is 4.91. The lowest BCUT2D eigenvalue weighted by Crippen LogP contribution is -2.25. The summed E-state index contributed by atoms with van der Waals surface area (Å²) in [6, 6.07) is 10.7. The van der Waals surface area contributed by atoms with Crippen LogP contribution in [0.1, 0.15) is 35.4 Å². The highest BCUT2D eigenvalue weighted by Gasteiger charge is 2.35. The van der Waals surface area contributed by atoms with Gasteiger partial charge >= 0.3 is 0 Å². The molecule has 0 unspecified atom stereocenters. The van der Waals surface area contributed by atoms with E-state index in [-0.39, 0.29) is 12.1 Å². The van der Waals surface area contributed by atoms with E-state index in [1.165, 1.54) is 10.9 Å². The van der Waals surface area contributed by atoms with E-state index in [1.54, 1.807) is 7.11 Å². The molecule has 2 aromatic heterocycles. The third-order valence-corrected chi connectivity index (χ3v) is 4.91. The molecule has 1 fully saturated rings. The molecule has 0 spiro atoms. The van der Waals surface area contributed by atoms with Crippen LogP contribution >= 0.6 is 0 Å². The first kappa shape index (κ1) is 16.2. The number of benzene rings is 1. The molecule has 1 aliphatic heterocycles. The number of para-hydroxylation sites is 1. The van der Waals surface area contributed by atoms with Crippen molar-refractivity contribution in [2.24, 2.45) is 0 Å². The van der Waals surface area contributed by atoms with Crippen LogP contribution in [0.4, 0.5) is 0 Å². The van der Waals surface area contributed by atoms with Crippen molar-refractivity contribution in [1.82, 2.24) is 25.1 Å². The smallest absolute Gasteiger partial charge is 0.167 e. The number of rotatable bonds is 4. The second-order valence-electron chi connectivity index (χ2n) is 6.76. The van der Waals surface area contributed by atoms with Gasteiger partial charge in [0, 0.05) is 31.3 Å². The van der Waals surface area contributed by atoms with Gasteiger partial charge in [-0.1, -0.05) is 18.2 Å². The number of methoxy groups -OCH3 is 1. The van der Waals surface area contributed by atoms with Crippen LogP contribution < -0.4 is 0 Å². The lowest BCUT2D eigenvalue weighted by Gasteiger charge is -2.23. The van der Waals surface area contributed by atoms with E-state index in [9.17, 15) is 0 Å². The standard InChI is InChI=1S/C19H23N5O/c1-12-8-14(16-6-4-5-7-17(16)20-12)10-24-11-15(25-3)9-18(24)19-21-13(2)22-23-19/h4-8,15,18H,9-11H2,1-3H3,(H,21,22,23)/t15-,18+/m1/s1. The van der Waals surface area contributed by atoms with Crippen molar-refractivity contribution in [1.29, 1.82) is 0 Å². The van der Waals surface area contributed by atoms with Gasteiger partial charge in [-0.2, -0.15) is 5.10 Å². The number of pyridine rings is 1. The number of H-pyrrole nitrogens is 1. The van der Waals surface area contributed by atoms with Crippen LogP contribution in [0.15, 0.2) is 30.3 Å². The summed E-state index contributed by atoms with van der Waals surface area (Å²) in [5.74, 6) is 1.70. The van der Waals surface area contributed by atoms with Crippen molar-refractivity contribution in [2.75, 3.05) is 13.7 Å². The number of hydrogen-bond acceptors (Lipinski definition) is 5. The molecule has 0 aliphatic carbocycles. The Morgan fingerprint density at radius 1 is 1.24 bits per heavy atom. The highest BCUT2D eigenvalue weighted by atomic mass is 16.5. The van der Waals surface area contributed by atoms with Crippen LogP contribution in [0.2, 0.25) is 0 Å². The van der Waals surface area contributed by atoms with Crippen molar-refractivity contribution in [3.63, 3.8) is 0 Å². The number of nitrogens with one attached hydrogen (secondary N) is 1. The van der Waals surface area contributed by atoms with Gasteiger partial charge in [0.25, 0.3) is 0 Å². The molecule has 25 heavy (non-hydrogen) atoms. The summed E-state index contributed by atoms with van der Waals surface area (Å²) in [7, 11) is 1.78. The largest absolute Gasteiger partial charge is 0.380 e. The van der Waals surface area contributed by atoms with Crippen molar-refractivity contribution >= 4 is 10.9 Å². The Hall–Kier alpha value is -2.31. The molecule has 1 aliphatic rings. The minimum atomic E-state index is 0.169. The van der Waals surface area contributed by atoms with Crippen LogP contribution in [0.5, 0.6) is 0 Å². The van der Waals surface area contributed by atoms with Crippen molar-refractivity contribution in [2.45, 2.75) is 39.0 Å². The maximum Gasteiger partial charge on any atom is 0.167 e. The highest BCUT2D eigenvalue weighted by molar-refractivity contribution is 5.82. The Morgan fingerprint density at radius 3 is 2.84 bits per heavy atom. The van der Waals surface area contributed by atoms with Crippen molar-refractivity contribution in [3.8, 4) is 0 Å². The van der Waals surface area contributed by atoms with Gasteiger partial charge in [-0.05, 0) is 38.0 Å². The molecule has 130 valence electrons. The van der Waals surface area contributed by atoms with Crippen molar-refractivity contribution in [3.05, 3.63) is 53.2 Å². The Kier molecular flexibility index (Phi) is 4.23. The fourth-order valence-corrected chi connectivity index (χ4v) is 3.73. The van der Waals surface area contributed by atoms with Gasteiger partial charge in [-0.3, -0.25) is 15.0 Å². The predicted octanol–water partition coefficient (Wildman–Crippen LogP) is 2.93. The molecule has 3 heterocycles. The molecular formula is C19H23N5O. The number of aromatic amines is 1. The maximum absolute atomic E-state index is 5.63. The zero-order valence-electron chi connectivity index (χ0n) is 14.9. The summed E-state index contributed by atoms with van der Waals surface area (Å²) >= 11 is 0. The van der Waals surface area contributed by atoms with Gasteiger partial charge in [0.2, 0.25) is 0 Å². The third kappa shape index (κ3) is 3.15. The fraction of sp³-hybridized carbons (Fsp3) is 0.421. The SMILES string of the molecule is CO[C@@H]1C[C@@H](c2n[nH]c(C)n2)N(Cc2cc(C)nc3ccccc23)C1. The van der Waals surface area contributed by atoms with Crippen LogP contribution in [0.25, 0.3) is 10.9 Å². The first-order valence-electron chi connectivity index (χ1n) is 8.65. The number of nitrogens with zero attached hydrogens (tertiary/aromatic N) is 4. The summed E-state index contributed by atoms with van der Waals surface area (Å²) < 4.78 is 5.63. The lowest BCUT2D eigenvalue weighted by molar-refractivity contribution is 0.107. The zero-order valence-corrected chi connectivity index (χ0v) is 14.9. The van der Waals surface area contributed by atoms with E-state index in [4.69, 9.17) is 4.74 Å². The summed E-state index contributed by atoms with van der Waals surface area (Å²) in [5.41, 5.74) is 3.38. The summed E-state index contributed by atoms with van der Waals surface area (Å²) in [6.45, 7) is 5.70. The van der Waals surface area contributed by atoms with E-state index in [0.29, 0.717) is 0 Å². The Bertz CT molecular complexity index is 890. The maximum atomic E-state index is 5.63.